The van der Waals surface area contributed by atoms with Crippen LogP contribution in [-0.4, -0.2) is 11.7 Å². The van der Waals surface area contributed by atoms with E-state index in [1.807, 2.05) is 6.07 Å². The normalized spacial score (nSPS) is 14.0. The van der Waals surface area contributed by atoms with Crippen molar-refractivity contribution in [2.75, 3.05) is 5.88 Å². The van der Waals surface area contributed by atoms with Crippen molar-refractivity contribution in [3.05, 3.63) is 34.4 Å². The summed E-state index contributed by atoms with van der Waals surface area (Å²) in [5.74, 6) is 0.615. The molecule has 2 rings (SSSR count). The third kappa shape index (κ3) is 1.93. The van der Waals surface area contributed by atoms with Gasteiger partial charge in [-0.05, 0) is 42.9 Å². The summed E-state index contributed by atoms with van der Waals surface area (Å²) in [6.07, 6.45) is 3.82. The molecule has 2 heteroatoms. The fourth-order valence-corrected chi connectivity index (χ4v) is 2.54. The van der Waals surface area contributed by atoms with E-state index in [1.165, 1.54) is 23.1 Å². The Bertz CT molecular complexity index is 396. The number of hydrogen-bond donors (Lipinski definition) is 0. The molecule has 1 aliphatic carbocycles. The smallest absolute Gasteiger partial charge is 0.164 e. The van der Waals surface area contributed by atoms with Crippen LogP contribution >= 0.6 is 11.6 Å². The molecule has 0 aliphatic heterocycles. The molecule has 1 aromatic rings. The summed E-state index contributed by atoms with van der Waals surface area (Å²) in [6.45, 7) is 2.12. The molecule has 0 aromatic heterocycles. The Labute approximate surface area is 95.4 Å². The van der Waals surface area contributed by atoms with Crippen LogP contribution in [0.5, 0.6) is 0 Å². The van der Waals surface area contributed by atoms with Crippen LogP contribution in [0.3, 0.4) is 0 Å². The highest BCUT2D eigenvalue weighted by Crippen LogP contribution is 2.29. The van der Waals surface area contributed by atoms with Crippen molar-refractivity contribution in [1.29, 1.82) is 0 Å². The number of halogens is 1. The highest BCUT2D eigenvalue weighted by Gasteiger charge is 2.19. The average Bonchev–Trinajstić information content (AvgIpc) is 2.68. The van der Waals surface area contributed by atoms with Crippen molar-refractivity contribution in [3.8, 4) is 0 Å². The monoisotopic (exact) mass is 222 g/mol. The minimum absolute atomic E-state index is 0.197. The highest BCUT2D eigenvalue weighted by molar-refractivity contribution is 6.19. The van der Waals surface area contributed by atoms with E-state index in [0.717, 1.165) is 18.4 Å². The Kier molecular flexibility index (Phi) is 3.11. The molecule has 0 amide bonds. The predicted molar refractivity (Wildman–Crippen MR) is 62.9 cm³/mol. The van der Waals surface area contributed by atoms with E-state index in [-0.39, 0.29) is 5.78 Å². The van der Waals surface area contributed by atoms with Crippen molar-refractivity contribution in [2.45, 2.75) is 32.6 Å². The molecule has 0 saturated carbocycles. The molecule has 0 radical (unpaired) electrons. The van der Waals surface area contributed by atoms with Crippen LogP contribution in [0, 0.1) is 6.92 Å². The first-order chi connectivity index (χ1) is 7.24. The van der Waals surface area contributed by atoms with Crippen LogP contribution in [-0.2, 0) is 12.8 Å². The molecule has 0 fully saturated rings. The number of hydrogen-bond acceptors (Lipinski definition) is 1. The summed E-state index contributed by atoms with van der Waals surface area (Å²) in [6, 6.07) is 4.03. The minimum Gasteiger partial charge on any atom is -0.294 e. The van der Waals surface area contributed by atoms with Crippen molar-refractivity contribution >= 4 is 17.4 Å². The van der Waals surface area contributed by atoms with Gasteiger partial charge >= 0.3 is 0 Å². The van der Waals surface area contributed by atoms with E-state index in [1.54, 1.807) is 0 Å². The van der Waals surface area contributed by atoms with E-state index in [4.69, 9.17) is 11.6 Å². The van der Waals surface area contributed by atoms with Crippen LogP contribution in [0.25, 0.3) is 0 Å². The second-order valence-electron chi connectivity index (χ2n) is 4.10. The predicted octanol–water partition coefficient (Wildman–Crippen LogP) is 3.30. The number of ketones is 1. The lowest BCUT2D eigenvalue weighted by atomic mass is 9.95. The van der Waals surface area contributed by atoms with Crippen LogP contribution in [0.2, 0.25) is 0 Å². The summed E-state index contributed by atoms with van der Waals surface area (Å²) >= 11 is 5.61. The van der Waals surface area contributed by atoms with Gasteiger partial charge in [0, 0.05) is 17.9 Å². The third-order valence-corrected chi connectivity index (χ3v) is 3.33. The van der Waals surface area contributed by atoms with Gasteiger partial charge in [0.15, 0.2) is 5.78 Å². The maximum Gasteiger partial charge on any atom is 0.164 e. The van der Waals surface area contributed by atoms with Gasteiger partial charge in [0.2, 0.25) is 0 Å². The molecule has 0 unspecified atom stereocenters. The molecule has 1 aliphatic rings. The molecule has 80 valence electrons. The van der Waals surface area contributed by atoms with E-state index >= 15 is 0 Å². The molecule has 0 bridgehead atoms. The fraction of sp³-hybridized carbons (Fsp3) is 0.462. The third-order valence-electron chi connectivity index (χ3n) is 3.14. The zero-order valence-corrected chi connectivity index (χ0v) is 9.73. The van der Waals surface area contributed by atoms with Gasteiger partial charge in [-0.15, -0.1) is 11.6 Å². The topological polar surface area (TPSA) is 17.1 Å². The van der Waals surface area contributed by atoms with Crippen LogP contribution in [0.1, 0.15) is 39.9 Å². The number of carbonyl (C=O) groups excluding carboxylic acids is 1. The molecule has 0 saturated heterocycles. The van der Waals surface area contributed by atoms with Crippen molar-refractivity contribution < 1.29 is 4.79 Å². The Hall–Kier alpha value is -0.820. The average molecular weight is 223 g/mol. The van der Waals surface area contributed by atoms with Crippen molar-refractivity contribution in [2.24, 2.45) is 0 Å². The fourth-order valence-electron chi connectivity index (χ4n) is 2.37. The molecule has 0 heterocycles. The van der Waals surface area contributed by atoms with Crippen LogP contribution in [0.4, 0.5) is 0 Å². The molecule has 0 spiro atoms. The largest absolute Gasteiger partial charge is 0.294 e. The molecule has 1 aromatic carbocycles. The maximum absolute atomic E-state index is 11.8. The number of fused-ring (bicyclic) bond motifs is 1. The van der Waals surface area contributed by atoms with Gasteiger partial charge in [0.1, 0.15) is 0 Å². The SMILES string of the molecule is Cc1ccc(C(=O)CCCl)c2c1CCC2. The van der Waals surface area contributed by atoms with Gasteiger partial charge in [-0.1, -0.05) is 12.1 Å². The van der Waals surface area contributed by atoms with E-state index in [2.05, 4.69) is 13.0 Å². The summed E-state index contributed by atoms with van der Waals surface area (Å²) < 4.78 is 0. The Balaban J connectivity index is 2.41. The number of aryl methyl sites for hydroxylation is 1. The lowest BCUT2D eigenvalue weighted by Crippen LogP contribution is -2.05. The summed E-state index contributed by atoms with van der Waals surface area (Å²) in [7, 11) is 0. The van der Waals surface area contributed by atoms with E-state index in [9.17, 15) is 4.79 Å². The first kappa shape index (κ1) is 10.7. The van der Waals surface area contributed by atoms with Crippen molar-refractivity contribution in [3.63, 3.8) is 0 Å². The van der Waals surface area contributed by atoms with Gasteiger partial charge in [-0.25, -0.2) is 0 Å². The zero-order chi connectivity index (χ0) is 10.8. The van der Waals surface area contributed by atoms with E-state index in [0.29, 0.717) is 12.3 Å². The Morgan fingerprint density at radius 1 is 1.33 bits per heavy atom. The van der Waals surface area contributed by atoms with Gasteiger partial charge in [-0.3, -0.25) is 4.79 Å². The zero-order valence-electron chi connectivity index (χ0n) is 8.98. The number of alkyl halides is 1. The maximum atomic E-state index is 11.8. The summed E-state index contributed by atoms with van der Waals surface area (Å²) in [4.78, 5) is 11.8. The molecule has 1 nitrogen and oxygen atoms in total. The summed E-state index contributed by atoms with van der Waals surface area (Å²) in [5, 5.41) is 0. The number of benzene rings is 1. The Morgan fingerprint density at radius 3 is 2.80 bits per heavy atom. The van der Waals surface area contributed by atoms with Gasteiger partial charge in [0.25, 0.3) is 0 Å². The lowest BCUT2D eigenvalue weighted by Gasteiger charge is -2.09. The number of Topliss-reactive ketones (excluding diaryl/α,β-unsaturated/α-hetero) is 1. The summed E-state index contributed by atoms with van der Waals surface area (Å²) in [5.41, 5.74) is 4.92. The van der Waals surface area contributed by atoms with Crippen LogP contribution < -0.4 is 0 Å². The molecular weight excluding hydrogens is 208 g/mol. The van der Waals surface area contributed by atoms with E-state index < -0.39 is 0 Å². The first-order valence-electron chi connectivity index (χ1n) is 5.44. The molecule has 0 atom stereocenters. The molecule has 0 N–H and O–H groups in total. The quantitative estimate of drug-likeness (QED) is 0.567. The first-order valence-corrected chi connectivity index (χ1v) is 5.98. The van der Waals surface area contributed by atoms with Gasteiger partial charge < -0.3 is 0 Å². The highest BCUT2D eigenvalue weighted by atomic mass is 35.5. The molecule has 15 heavy (non-hydrogen) atoms. The lowest BCUT2D eigenvalue weighted by molar-refractivity contribution is 0.0988. The second kappa shape index (κ2) is 4.36. The second-order valence-corrected chi connectivity index (χ2v) is 4.48. The van der Waals surface area contributed by atoms with Crippen LogP contribution in [0.15, 0.2) is 12.1 Å². The minimum atomic E-state index is 0.197. The van der Waals surface area contributed by atoms with Gasteiger partial charge in [0.05, 0.1) is 0 Å². The van der Waals surface area contributed by atoms with Crippen molar-refractivity contribution in [1.82, 2.24) is 0 Å². The molecular formula is C13H15ClO. The number of rotatable bonds is 3. The Morgan fingerprint density at radius 2 is 2.07 bits per heavy atom. The van der Waals surface area contributed by atoms with Gasteiger partial charge in [-0.2, -0.15) is 0 Å². The number of carbonyl (C=O) groups is 1. The standard InChI is InChI=1S/C13H15ClO/c1-9-5-6-12(13(15)7-8-14)11-4-2-3-10(9)11/h5-6H,2-4,7-8H2,1H3.